The van der Waals surface area contributed by atoms with Crippen molar-refractivity contribution in [3.63, 3.8) is 0 Å². The first-order valence-corrected chi connectivity index (χ1v) is 5.96. The number of halogens is 1. The van der Waals surface area contributed by atoms with Gasteiger partial charge in [-0.2, -0.15) is 0 Å². The summed E-state index contributed by atoms with van der Waals surface area (Å²) in [4.78, 5) is 11.7. The lowest BCUT2D eigenvalue weighted by atomic mass is 10.0. The molecule has 1 heterocycles. The van der Waals surface area contributed by atoms with Crippen molar-refractivity contribution in [3.8, 4) is 5.75 Å². The maximum atomic E-state index is 11.7. The Kier molecular flexibility index (Phi) is 5.44. The number of rotatable bonds is 2. The summed E-state index contributed by atoms with van der Waals surface area (Å²) < 4.78 is 5.64. The fourth-order valence-corrected chi connectivity index (χ4v) is 1.98. The molecule has 0 aliphatic carbocycles. The lowest BCUT2D eigenvalue weighted by Crippen LogP contribution is -2.40. The van der Waals surface area contributed by atoms with Gasteiger partial charge in [0.25, 0.3) is 0 Å². The largest absolute Gasteiger partial charge is 0.493 e. The van der Waals surface area contributed by atoms with Gasteiger partial charge in [0.15, 0.2) is 0 Å². The zero-order chi connectivity index (χ0) is 12.3. The van der Waals surface area contributed by atoms with Gasteiger partial charge in [-0.1, -0.05) is 18.2 Å². The first-order chi connectivity index (χ1) is 8.18. The van der Waals surface area contributed by atoms with Crippen LogP contribution in [0.1, 0.15) is 31.4 Å². The van der Waals surface area contributed by atoms with Crippen molar-refractivity contribution >= 4 is 18.3 Å². The van der Waals surface area contributed by atoms with Gasteiger partial charge in [0.2, 0.25) is 5.91 Å². The molecule has 5 heteroatoms. The fourth-order valence-electron chi connectivity index (χ4n) is 1.98. The fraction of sp³-hybridized carbons (Fsp3) is 0.462. The number of fused-ring (bicyclic) bond motifs is 1. The highest BCUT2D eigenvalue weighted by atomic mass is 35.5. The monoisotopic (exact) mass is 270 g/mol. The van der Waals surface area contributed by atoms with Crippen molar-refractivity contribution in [2.45, 2.75) is 31.8 Å². The summed E-state index contributed by atoms with van der Waals surface area (Å²) in [7, 11) is 0. The van der Waals surface area contributed by atoms with E-state index in [0.29, 0.717) is 6.61 Å². The number of carbonyl (C=O) groups is 1. The number of nitrogens with one attached hydrogen (secondary N) is 1. The lowest BCUT2D eigenvalue weighted by molar-refractivity contribution is -0.122. The predicted molar refractivity (Wildman–Crippen MR) is 73.0 cm³/mol. The Bertz CT molecular complexity index is 410. The molecule has 18 heavy (non-hydrogen) atoms. The Morgan fingerprint density at radius 3 is 2.94 bits per heavy atom. The SMILES string of the molecule is C[C@@H](N)C(=O)NC1CCCOc2ccccc21.Cl. The number of para-hydroxylation sites is 1. The second kappa shape index (κ2) is 6.61. The van der Waals surface area contributed by atoms with Crippen LogP contribution in [0.3, 0.4) is 0 Å². The predicted octanol–water partition coefficient (Wildman–Crippen LogP) is 1.79. The summed E-state index contributed by atoms with van der Waals surface area (Å²) in [6.07, 6.45) is 1.81. The number of hydrogen-bond donors (Lipinski definition) is 2. The molecule has 0 fully saturated rings. The molecule has 1 aliphatic heterocycles. The van der Waals surface area contributed by atoms with Gasteiger partial charge in [-0.05, 0) is 25.8 Å². The van der Waals surface area contributed by atoms with Crippen molar-refractivity contribution in [3.05, 3.63) is 29.8 Å². The van der Waals surface area contributed by atoms with Crippen LogP contribution in [0.15, 0.2) is 24.3 Å². The Hall–Kier alpha value is -1.26. The highest BCUT2D eigenvalue weighted by Crippen LogP contribution is 2.30. The Balaban J connectivity index is 0.00000162. The molecule has 0 aromatic heterocycles. The molecule has 100 valence electrons. The molecule has 1 amide bonds. The first-order valence-electron chi connectivity index (χ1n) is 5.96. The number of hydrogen-bond acceptors (Lipinski definition) is 3. The van der Waals surface area contributed by atoms with Crippen molar-refractivity contribution < 1.29 is 9.53 Å². The van der Waals surface area contributed by atoms with Crippen LogP contribution < -0.4 is 15.8 Å². The smallest absolute Gasteiger partial charge is 0.237 e. The van der Waals surface area contributed by atoms with Crippen molar-refractivity contribution in [2.24, 2.45) is 5.73 Å². The van der Waals surface area contributed by atoms with Crippen LogP contribution in [0.5, 0.6) is 5.75 Å². The van der Waals surface area contributed by atoms with Gasteiger partial charge in [-0.3, -0.25) is 4.79 Å². The summed E-state index contributed by atoms with van der Waals surface area (Å²) in [6.45, 7) is 2.38. The van der Waals surface area contributed by atoms with Crippen LogP contribution in [0.2, 0.25) is 0 Å². The van der Waals surface area contributed by atoms with Crippen molar-refractivity contribution in [1.82, 2.24) is 5.32 Å². The highest BCUT2D eigenvalue weighted by molar-refractivity contribution is 5.85. The average molecular weight is 271 g/mol. The van der Waals surface area contributed by atoms with E-state index >= 15 is 0 Å². The van der Waals surface area contributed by atoms with E-state index in [0.717, 1.165) is 24.2 Å². The van der Waals surface area contributed by atoms with Crippen LogP contribution in [0.4, 0.5) is 0 Å². The molecule has 4 nitrogen and oxygen atoms in total. The van der Waals surface area contributed by atoms with Crippen LogP contribution in [0, 0.1) is 0 Å². The summed E-state index contributed by atoms with van der Waals surface area (Å²) in [5, 5.41) is 2.97. The molecule has 0 radical (unpaired) electrons. The molecule has 0 spiro atoms. The van der Waals surface area contributed by atoms with E-state index in [4.69, 9.17) is 10.5 Å². The molecule has 0 bridgehead atoms. The Morgan fingerprint density at radius 2 is 2.22 bits per heavy atom. The Morgan fingerprint density at radius 1 is 1.50 bits per heavy atom. The summed E-state index contributed by atoms with van der Waals surface area (Å²) in [6, 6.07) is 7.35. The van der Waals surface area contributed by atoms with E-state index in [9.17, 15) is 4.79 Å². The van der Waals surface area contributed by atoms with Gasteiger partial charge in [-0.15, -0.1) is 12.4 Å². The number of nitrogens with two attached hydrogens (primary N) is 1. The van der Waals surface area contributed by atoms with Gasteiger partial charge in [0, 0.05) is 5.56 Å². The lowest BCUT2D eigenvalue weighted by Gasteiger charge is -2.19. The maximum Gasteiger partial charge on any atom is 0.237 e. The van der Waals surface area contributed by atoms with Crippen molar-refractivity contribution in [1.29, 1.82) is 0 Å². The molecule has 2 atom stereocenters. The third-order valence-corrected chi connectivity index (χ3v) is 2.92. The van der Waals surface area contributed by atoms with E-state index in [1.165, 1.54) is 0 Å². The number of carbonyl (C=O) groups excluding carboxylic acids is 1. The van der Waals surface area contributed by atoms with Crippen LogP contribution in [-0.4, -0.2) is 18.6 Å². The molecular weight excluding hydrogens is 252 g/mol. The van der Waals surface area contributed by atoms with E-state index < -0.39 is 6.04 Å². The minimum absolute atomic E-state index is 0. The topological polar surface area (TPSA) is 64.4 Å². The maximum absolute atomic E-state index is 11.7. The summed E-state index contributed by atoms with van der Waals surface area (Å²) in [5.41, 5.74) is 6.61. The van der Waals surface area contributed by atoms with Crippen LogP contribution in [-0.2, 0) is 4.79 Å². The molecule has 3 N–H and O–H groups in total. The minimum atomic E-state index is -0.480. The zero-order valence-electron chi connectivity index (χ0n) is 10.4. The van der Waals surface area contributed by atoms with Gasteiger partial charge in [0.05, 0.1) is 18.7 Å². The second-order valence-electron chi connectivity index (χ2n) is 4.38. The normalized spacial score (nSPS) is 19.6. The minimum Gasteiger partial charge on any atom is -0.493 e. The van der Waals surface area contributed by atoms with Crippen molar-refractivity contribution in [2.75, 3.05) is 6.61 Å². The average Bonchev–Trinajstić information content (AvgIpc) is 2.52. The molecular formula is C13H19ClN2O2. The molecule has 0 saturated heterocycles. The summed E-state index contributed by atoms with van der Waals surface area (Å²) in [5.74, 6) is 0.742. The van der Waals surface area contributed by atoms with Gasteiger partial charge in [-0.25, -0.2) is 0 Å². The summed E-state index contributed by atoms with van der Waals surface area (Å²) >= 11 is 0. The molecule has 2 rings (SSSR count). The van der Waals surface area contributed by atoms with Crippen LogP contribution in [0.25, 0.3) is 0 Å². The van der Waals surface area contributed by atoms with E-state index in [1.54, 1.807) is 6.92 Å². The molecule has 1 aromatic rings. The molecule has 0 saturated carbocycles. The Labute approximate surface area is 113 Å². The number of benzene rings is 1. The number of ether oxygens (including phenoxy) is 1. The molecule has 1 aliphatic rings. The quantitative estimate of drug-likeness (QED) is 0.861. The first kappa shape index (κ1) is 14.8. The van der Waals surface area contributed by atoms with E-state index in [1.807, 2.05) is 24.3 Å². The van der Waals surface area contributed by atoms with E-state index in [2.05, 4.69) is 5.32 Å². The third-order valence-electron chi connectivity index (χ3n) is 2.92. The highest BCUT2D eigenvalue weighted by Gasteiger charge is 2.21. The van der Waals surface area contributed by atoms with Gasteiger partial charge < -0.3 is 15.8 Å². The van der Waals surface area contributed by atoms with Gasteiger partial charge in [0.1, 0.15) is 5.75 Å². The zero-order valence-corrected chi connectivity index (χ0v) is 11.2. The standard InChI is InChI=1S/C13H18N2O2.ClH/c1-9(14)13(16)15-11-6-4-8-17-12-7-3-2-5-10(11)12;/h2-3,5,7,9,11H,4,6,8,14H2,1H3,(H,15,16);1H/t9-,11?;/m1./s1. The van der Waals surface area contributed by atoms with Gasteiger partial charge >= 0.3 is 0 Å². The second-order valence-corrected chi connectivity index (χ2v) is 4.38. The molecule has 1 aromatic carbocycles. The van der Waals surface area contributed by atoms with Crippen LogP contribution >= 0.6 is 12.4 Å². The third kappa shape index (κ3) is 3.37. The number of amides is 1. The van der Waals surface area contributed by atoms with E-state index in [-0.39, 0.29) is 24.4 Å². The molecule has 1 unspecified atom stereocenters.